The fourth-order valence-corrected chi connectivity index (χ4v) is 3.73. The number of carbonyl (C=O) groups excluding carboxylic acids is 2. The minimum absolute atomic E-state index is 0.224. The highest BCUT2D eigenvalue weighted by Gasteiger charge is 2.40. The molecule has 0 saturated heterocycles. The molecular weight excluding hydrogens is 424 g/mol. The summed E-state index contributed by atoms with van der Waals surface area (Å²) >= 11 is 6.05. The zero-order valence-electron chi connectivity index (χ0n) is 18.1. The van der Waals surface area contributed by atoms with Gasteiger partial charge in [-0.25, -0.2) is 4.90 Å². The van der Waals surface area contributed by atoms with Gasteiger partial charge < -0.3 is 10.1 Å². The topological polar surface area (TPSA) is 58.6 Å². The van der Waals surface area contributed by atoms with Gasteiger partial charge in [0.05, 0.1) is 17.9 Å². The molecule has 3 aromatic carbocycles. The molecule has 0 aliphatic carbocycles. The lowest BCUT2D eigenvalue weighted by atomic mass is 10.0. The van der Waals surface area contributed by atoms with Crippen molar-refractivity contribution in [3.63, 3.8) is 0 Å². The third-order valence-corrected chi connectivity index (χ3v) is 5.63. The van der Waals surface area contributed by atoms with Crippen molar-refractivity contribution in [2.45, 2.75) is 20.8 Å². The van der Waals surface area contributed by atoms with E-state index in [1.165, 1.54) is 4.90 Å². The third-order valence-electron chi connectivity index (χ3n) is 5.38. The van der Waals surface area contributed by atoms with E-state index in [1.807, 2.05) is 39.0 Å². The van der Waals surface area contributed by atoms with E-state index < -0.39 is 11.8 Å². The van der Waals surface area contributed by atoms with E-state index in [9.17, 15) is 9.59 Å². The lowest BCUT2D eigenvalue weighted by molar-refractivity contribution is -0.120. The van der Waals surface area contributed by atoms with Crippen LogP contribution in [0.4, 0.5) is 11.4 Å². The highest BCUT2D eigenvalue weighted by Crippen LogP contribution is 2.35. The molecule has 162 valence electrons. The molecule has 1 aliphatic heterocycles. The number of amides is 2. The molecule has 4 rings (SSSR count). The fourth-order valence-electron chi connectivity index (χ4n) is 3.61. The molecule has 1 N–H and O–H groups in total. The number of hydrogen-bond donors (Lipinski definition) is 1. The molecule has 3 aromatic rings. The first kappa shape index (κ1) is 21.7. The smallest absolute Gasteiger partial charge is 0.282 e. The first-order valence-corrected chi connectivity index (χ1v) is 10.7. The molecule has 2 amide bonds. The van der Waals surface area contributed by atoms with E-state index in [4.69, 9.17) is 16.3 Å². The molecule has 0 bridgehead atoms. The number of nitrogens with zero attached hydrogens (tertiary/aromatic N) is 1. The van der Waals surface area contributed by atoms with E-state index in [-0.39, 0.29) is 5.70 Å². The molecule has 0 unspecified atom stereocenters. The summed E-state index contributed by atoms with van der Waals surface area (Å²) in [5, 5.41) is 3.75. The predicted molar refractivity (Wildman–Crippen MR) is 128 cm³/mol. The molecule has 6 heteroatoms. The number of imide groups is 1. The monoisotopic (exact) mass is 446 g/mol. The molecule has 1 aliphatic rings. The van der Waals surface area contributed by atoms with Crippen LogP contribution in [0.5, 0.6) is 5.75 Å². The van der Waals surface area contributed by atoms with E-state index >= 15 is 0 Å². The summed E-state index contributed by atoms with van der Waals surface area (Å²) in [4.78, 5) is 28.2. The van der Waals surface area contributed by atoms with Crippen molar-refractivity contribution in [2.75, 3.05) is 16.8 Å². The van der Waals surface area contributed by atoms with Crippen LogP contribution in [0.1, 0.15) is 23.6 Å². The second-order valence-electron chi connectivity index (χ2n) is 7.56. The Morgan fingerprint density at radius 2 is 1.66 bits per heavy atom. The van der Waals surface area contributed by atoms with E-state index in [2.05, 4.69) is 5.32 Å². The lowest BCUT2D eigenvalue weighted by Crippen LogP contribution is -2.32. The number of hydrogen-bond acceptors (Lipinski definition) is 4. The van der Waals surface area contributed by atoms with Crippen molar-refractivity contribution >= 4 is 40.4 Å². The van der Waals surface area contributed by atoms with Crippen molar-refractivity contribution in [3.8, 4) is 5.75 Å². The number of aryl methyl sites for hydroxylation is 2. The molecule has 0 atom stereocenters. The van der Waals surface area contributed by atoms with Crippen LogP contribution < -0.4 is 15.0 Å². The lowest BCUT2D eigenvalue weighted by Gasteiger charge is -2.16. The van der Waals surface area contributed by atoms with Gasteiger partial charge in [-0.15, -0.1) is 0 Å². The highest BCUT2D eigenvalue weighted by atomic mass is 35.5. The van der Waals surface area contributed by atoms with Gasteiger partial charge in [-0.3, -0.25) is 9.59 Å². The summed E-state index contributed by atoms with van der Waals surface area (Å²) in [5.74, 6) is -0.238. The summed E-state index contributed by atoms with van der Waals surface area (Å²) < 4.78 is 5.55. The van der Waals surface area contributed by atoms with Crippen molar-refractivity contribution in [3.05, 3.63) is 94.1 Å². The summed E-state index contributed by atoms with van der Waals surface area (Å²) in [7, 11) is 0. The maximum Gasteiger partial charge on any atom is 0.282 e. The van der Waals surface area contributed by atoms with E-state index in [0.717, 1.165) is 16.8 Å². The number of carbonyl (C=O) groups is 2. The Bertz CT molecular complexity index is 1230. The van der Waals surface area contributed by atoms with Crippen LogP contribution in [-0.2, 0) is 9.59 Å². The predicted octanol–water partition coefficient (Wildman–Crippen LogP) is 5.75. The minimum atomic E-state index is -0.424. The Balaban J connectivity index is 1.80. The number of nitrogens with one attached hydrogen (secondary N) is 1. The maximum absolute atomic E-state index is 13.5. The summed E-state index contributed by atoms with van der Waals surface area (Å²) in [5.41, 5.74) is 4.55. The van der Waals surface area contributed by atoms with Gasteiger partial charge in [-0.05, 0) is 73.9 Å². The van der Waals surface area contributed by atoms with Crippen LogP contribution >= 0.6 is 11.6 Å². The zero-order chi connectivity index (χ0) is 22.8. The Hall–Kier alpha value is -3.57. The molecule has 32 heavy (non-hydrogen) atoms. The van der Waals surface area contributed by atoms with Crippen molar-refractivity contribution in [1.82, 2.24) is 0 Å². The summed E-state index contributed by atoms with van der Waals surface area (Å²) in [6.07, 6.45) is 0. The normalized spacial score (nSPS) is 13.7. The zero-order valence-corrected chi connectivity index (χ0v) is 18.9. The summed E-state index contributed by atoms with van der Waals surface area (Å²) in [6.45, 7) is 6.39. The van der Waals surface area contributed by atoms with Gasteiger partial charge in [-0.2, -0.15) is 0 Å². The van der Waals surface area contributed by atoms with Crippen LogP contribution in [-0.4, -0.2) is 18.4 Å². The van der Waals surface area contributed by atoms with Crippen LogP contribution in [0.3, 0.4) is 0 Å². The number of ether oxygens (including phenoxy) is 1. The Morgan fingerprint density at radius 1 is 0.906 bits per heavy atom. The molecule has 0 spiro atoms. The molecule has 0 radical (unpaired) electrons. The Kier molecular flexibility index (Phi) is 6.01. The van der Waals surface area contributed by atoms with Crippen molar-refractivity contribution in [1.29, 1.82) is 0 Å². The van der Waals surface area contributed by atoms with Gasteiger partial charge in [-0.1, -0.05) is 35.9 Å². The molecule has 5 nitrogen and oxygen atoms in total. The van der Waals surface area contributed by atoms with E-state index in [0.29, 0.717) is 34.2 Å². The molecule has 0 fully saturated rings. The first-order chi connectivity index (χ1) is 15.4. The van der Waals surface area contributed by atoms with Gasteiger partial charge in [0.1, 0.15) is 11.4 Å². The first-order valence-electron chi connectivity index (χ1n) is 10.3. The van der Waals surface area contributed by atoms with Crippen LogP contribution in [0.25, 0.3) is 5.57 Å². The maximum atomic E-state index is 13.5. The second kappa shape index (κ2) is 8.89. The quantitative estimate of drug-likeness (QED) is 0.489. The van der Waals surface area contributed by atoms with E-state index in [1.54, 1.807) is 48.5 Å². The number of benzene rings is 3. The molecule has 0 saturated carbocycles. The minimum Gasteiger partial charge on any atom is -0.494 e. The van der Waals surface area contributed by atoms with Crippen molar-refractivity contribution < 1.29 is 14.3 Å². The number of rotatable bonds is 6. The second-order valence-corrected chi connectivity index (χ2v) is 7.99. The average Bonchev–Trinajstić information content (AvgIpc) is 3.01. The van der Waals surface area contributed by atoms with Gasteiger partial charge >= 0.3 is 0 Å². The number of halogens is 1. The van der Waals surface area contributed by atoms with Crippen LogP contribution in [0.2, 0.25) is 5.02 Å². The number of anilines is 2. The Labute approximate surface area is 192 Å². The molecule has 0 aromatic heterocycles. The SMILES string of the molecule is CCOc1cccc(N2C(=O)C(Nc3ccc(C)c(C)c3)=C(c3ccc(Cl)cc3)C2=O)c1. The van der Waals surface area contributed by atoms with Gasteiger partial charge in [0.15, 0.2) is 0 Å². The molecular formula is C26H23ClN2O3. The largest absolute Gasteiger partial charge is 0.494 e. The fraction of sp³-hybridized carbons (Fsp3) is 0.154. The van der Waals surface area contributed by atoms with Crippen LogP contribution in [0.15, 0.2) is 72.4 Å². The van der Waals surface area contributed by atoms with Gasteiger partial charge in [0.2, 0.25) is 0 Å². The standard InChI is InChI=1S/C26H23ClN2O3/c1-4-32-22-7-5-6-21(15-22)29-25(30)23(18-9-11-19(27)12-10-18)24(26(29)31)28-20-13-8-16(2)17(3)14-20/h5-15,28H,4H2,1-3H3. The Morgan fingerprint density at radius 3 is 2.34 bits per heavy atom. The van der Waals surface area contributed by atoms with Crippen molar-refractivity contribution in [2.24, 2.45) is 0 Å². The third kappa shape index (κ3) is 4.12. The highest BCUT2D eigenvalue weighted by molar-refractivity contribution is 6.46. The van der Waals surface area contributed by atoms with Gasteiger partial charge in [0, 0.05) is 16.8 Å². The average molecular weight is 447 g/mol. The van der Waals surface area contributed by atoms with Gasteiger partial charge in [0.25, 0.3) is 11.8 Å². The van der Waals surface area contributed by atoms with Crippen LogP contribution in [0, 0.1) is 13.8 Å². The molecule has 1 heterocycles. The summed E-state index contributed by atoms with van der Waals surface area (Å²) in [6, 6.07) is 19.7.